The fourth-order valence-corrected chi connectivity index (χ4v) is 2.11. The Morgan fingerprint density at radius 1 is 1.05 bits per heavy atom. The minimum atomic E-state index is 0.767. The van der Waals surface area contributed by atoms with Crippen LogP contribution in [0, 0.1) is 13.8 Å². The second kappa shape index (κ2) is 6.48. The van der Waals surface area contributed by atoms with Crippen molar-refractivity contribution in [2.45, 2.75) is 27.3 Å². The predicted molar refractivity (Wildman–Crippen MR) is 80.9 cm³/mol. The van der Waals surface area contributed by atoms with Crippen LogP contribution in [-0.4, -0.2) is 23.6 Å². The molecular weight excluding hydrogens is 250 g/mol. The zero-order valence-corrected chi connectivity index (χ0v) is 12.5. The molecule has 0 atom stereocenters. The molecule has 0 unspecified atom stereocenters. The second-order valence-electron chi connectivity index (χ2n) is 4.71. The van der Waals surface area contributed by atoms with E-state index in [1.807, 2.05) is 38.1 Å². The van der Waals surface area contributed by atoms with E-state index in [4.69, 9.17) is 4.74 Å². The fourth-order valence-electron chi connectivity index (χ4n) is 2.11. The van der Waals surface area contributed by atoms with Gasteiger partial charge >= 0.3 is 0 Å². The molecule has 0 bridgehead atoms. The van der Waals surface area contributed by atoms with Crippen LogP contribution in [-0.2, 0) is 6.54 Å². The van der Waals surface area contributed by atoms with Gasteiger partial charge in [-0.3, -0.25) is 0 Å². The molecule has 0 aliphatic heterocycles. The lowest BCUT2D eigenvalue weighted by molar-refractivity contribution is 0.415. The van der Waals surface area contributed by atoms with Gasteiger partial charge in [0.1, 0.15) is 5.75 Å². The Balaban J connectivity index is 2.33. The quantitative estimate of drug-likeness (QED) is 0.908. The number of hydrogen-bond donors (Lipinski definition) is 1. The highest BCUT2D eigenvalue weighted by Gasteiger charge is 2.09. The Morgan fingerprint density at radius 3 is 2.15 bits per heavy atom. The number of hydrogen-bond acceptors (Lipinski definition) is 4. The van der Waals surface area contributed by atoms with Gasteiger partial charge in [-0.25, -0.2) is 9.97 Å². The molecule has 1 N–H and O–H groups in total. The summed E-state index contributed by atoms with van der Waals surface area (Å²) in [5, 5.41) is 3.32. The SMILES string of the molecule is CCNCc1c(C)nc(-c2ccc(OC)cc2)nc1C. The first kappa shape index (κ1) is 14.5. The van der Waals surface area contributed by atoms with Crippen LogP contribution in [0.15, 0.2) is 24.3 Å². The molecule has 1 aromatic heterocycles. The van der Waals surface area contributed by atoms with Gasteiger partial charge in [0.05, 0.1) is 7.11 Å². The van der Waals surface area contributed by atoms with Gasteiger partial charge < -0.3 is 10.1 Å². The van der Waals surface area contributed by atoms with E-state index in [0.29, 0.717) is 0 Å². The molecule has 0 amide bonds. The van der Waals surface area contributed by atoms with Crippen LogP contribution < -0.4 is 10.1 Å². The molecule has 0 spiro atoms. The van der Waals surface area contributed by atoms with Gasteiger partial charge in [0.25, 0.3) is 0 Å². The van der Waals surface area contributed by atoms with E-state index in [9.17, 15) is 0 Å². The first-order valence-electron chi connectivity index (χ1n) is 6.85. The summed E-state index contributed by atoms with van der Waals surface area (Å²) in [5.41, 5.74) is 4.25. The normalized spacial score (nSPS) is 10.6. The van der Waals surface area contributed by atoms with Crippen molar-refractivity contribution < 1.29 is 4.74 Å². The smallest absolute Gasteiger partial charge is 0.159 e. The lowest BCUT2D eigenvalue weighted by Crippen LogP contribution is -2.15. The molecular formula is C16H21N3O. The fraction of sp³-hybridized carbons (Fsp3) is 0.375. The Bertz CT molecular complexity index is 556. The monoisotopic (exact) mass is 271 g/mol. The van der Waals surface area contributed by atoms with Gasteiger partial charge in [-0.15, -0.1) is 0 Å². The highest BCUT2D eigenvalue weighted by molar-refractivity contribution is 5.57. The minimum Gasteiger partial charge on any atom is -0.497 e. The first-order chi connectivity index (χ1) is 9.65. The van der Waals surface area contributed by atoms with E-state index in [-0.39, 0.29) is 0 Å². The highest BCUT2D eigenvalue weighted by atomic mass is 16.5. The minimum absolute atomic E-state index is 0.767. The third kappa shape index (κ3) is 3.14. The first-order valence-corrected chi connectivity index (χ1v) is 6.85. The lowest BCUT2D eigenvalue weighted by atomic mass is 10.1. The summed E-state index contributed by atoms with van der Waals surface area (Å²) >= 11 is 0. The van der Waals surface area contributed by atoms with E-state index >= 15 is 0 Å². The van der Waals surface area contributed by atoms with Gasteiger partial charge in [0.15, 0.2) is 5.82 Å². The molecule has 0 aliphatic rings. The Kier molecular flexibility index (Phi) is 4.69. The molecule has 2 aromatic rings. The van der Waals surface area contributed by atoms with Crippen molar-refractivity contribution in [2.75, 3.05) is 13.7 Å². The summed E-state index contributed by atoms with van der Waals surface area (Å²) in [4.78, 5) is 9.24. The van der Waals surface area contributed by atoms with Gasteiger partial charge in [-0.05, 0) is 44.7 Å². The summed E-state index contributed by atoms with van der Waals surface area (Å²) in [7, 11) is 1.66. The van der Waals surface area contributed by atoms with Crippen molar-refractivity contribution >= 4 is 0 Å². The maximum atomic E-state index is 5.17. The summed E-state index contributed by atoms with van der Waals surface area (Å²) in [5.74, 6) is 1.61. The number of methoxy groups -OCH3 is 1. The van der Waals surface area contributed by atoms with Crippen LogP contribution >= 0.6 is 0 Å². The number of ether oxygens (including phenoxy) is 1. The van der Waals surface area contributed by atoms with E-state index < -0.39 is 0 Å². The average Bonchev–Trinajstić information content (AvgIpc) is 2.46. The van der Waals surface area contributed by atoms with Crippen molar-refractivity contribution in [3.8, 4) is 17.1 Å². The lowest BCUT2D eigenvalue weighted by Gasteiger charge is -2.11. The predicted octanol–water partition coefficient (Wildman–Crippen LogP) is 2.88. The van der Waals surface area contributed by atoms with E-state index in [1.54, 1.807) is 7.11 Å². The number of aromatic nitrogens is 2. The molecule has 106 valence electrons. The molecule has 0 fully saturated rings. The third-order valence-corrected chi connectivity index (χ3v) is 3.32. The van der Waals surface area contributed by atoms with Gasteiger partial charge in [-0.1, -0.05) is 6.92 Å². The summed E-state index contributed by atoms with van der Waals surface area (Å²) in [6.07, 6.45) is 0. The molecule has 1 heterocycles. The molecule has 20 heavy (non-hydrogen) atoms. The van der Waals surface area contributed by atoms with E-state index in [1.165, 1.54) is 5.56 Å². The number of nitrogens with zero attached hydrogens (tertiary/aromatic N) is 2. The van der Waals surface area contributed by atoms with E-state index in [2.05, 4.69) is 22.2 Å². The molecule has 0 aliphatic carbocycles. The molecule has 2 rings (SSSR count). The largest absolute Gasteiger partial charge is 0.497 e. The maximum absolute atomic E-state index is 5.17. The Labute approximate surface area is 120 Å². The number of nitrogens with one attached hydrogen (secondary N) is 1. The maximum Gasteiger partial charge on any atom is 0.159 e. The van der Waals surface area contributed by atoms with Gasteiger partial charge in [-0.2, -0.15) is 0 Å². The molecule has 1 aromatic carbocycles. The Morgan fingerprint density at radius 2 is 1.65 bits per heavy atom. The van der Waals surface area contributed by atoms with Crippen LogP contribution in [0.25, 0.3) is 11.4 Å². The molecule has 4 heteroatoms. The third-order valence-electron chi connectivity index (χ3n) is 3.32. The van der Waals surface area contributed by atoms with Crippen molar-refractivity contribution in [1.29, 1.82) is 0 Å². The van der Waals surface area contributed by atoms with Crippen LogP contribution in [0.4, 0.5) is 0 Å². The summed E-state index contributed by atoms with van der Waals surface area (Å²) in [6.45, 7) is 7.93. The van der Waals surface area contributed by atoms with Gasteiger partial charge in [0.2, 0.25) is 0 Å². The van der Waals surface area contributed by atoms with Gasteiger partial charge in [0, 0.05) is 29.1 Å². The van der Waals surface area contributed by atoms with Crippen molar-refractivity contribution in [3.63, 3.8) is 0 Å². The van der Waals surface area contributed by atoms with Crippen molar-refractivity contribution in [1.82, 2.24) is 15.3 Å². The zero-order valence-electron chi connectivity index (χ0n) is 12.5. The molecule has 0 radical (unpaired) electrons. The van der Waals surface area contributed by atoms with Crippen LogP contribution in [0.3, 0.4) is 0 Å². The van der Waals surface area contributed by atoms with Crippen molar-refractivity contribution in [2.24, 2.45) is 0 Å². The molecule has 0 saturated carbocycles. The van der Waals surface area contributed by atoms with Crippen LogP contribution in [0.2, 0.25) is 0 Å². The average molecular weight is 271 g/mol. The number of benzene rings is 1. The van der Waals surface area contributed by atoms with E-state index in [0.717, 1.165) is 41.6 Å². The zero-order chi connectivity index (χ0) is 14.5. The summed E-state index contributed by atoms with van der Waals surface area (Å²) in [6, 6.07) is 7.82. The standard InChI is InChI=1S/C16H21N3O/c1-5-17-10-15-11(2)18-16(19-12(15)3)13-6-8-14(20-4)9-7-13/h6-9,17H,5,10H2,1-4H3. The number of aryl methyl sites for hydroxylation is 2. The summed E-state index contributed by atoms with van der Waals surface area (Å²) < 4.78 is 5.17. The topological polar surface area (TPSA) is 47.0 Å². The highest BCUT2D eigenvalue weighted by Crippen LogP contribution is 2.21. The molecule has 4 nitrogen and oxygen atoms in total. The van der Waals surface area contributed by atoms with Crippen molar-refractivity contribution in [3.05, 3.63) is 41.2 Å². The molecule has 0 saturated heterocycles. The second-order valence-corrected chi connectivity index (χ2v) is 4.71. The van der Waals surface area contributed by atoms with Crippen LogP contribution in [0.5, 0.6) is 5.75 Å². The van der Waals surface area contributed by atoms with Crippen LogP contribution in [0.1, 0.15) is 23.9 Å². The Hall–Kier alpha value is -1.94. The number of rotatable bonds is 5.